The summed E-state index contributed by atoms with van der Waals surface area (Å²) < 4.78 is 42.2. The van der Waals surface area contributed by atoms with Crippen molar-refractivity contribution in [2.24, 2.45) is 0 Å². The number of aliphatic hydroxyl groups excluding tert-OH is 2. The van der Waals surface area contributed by atoms with Gasteiger partial charge in [0, 0.05) is 24.0 Å². The van der Waals surface area contributed by atoms with Crippen LogP contribution in [0.2, 0.25) is 0 Å². The van der Waals surface area contributed by atoms with Crippen LogP contribution in [0.5, 0.6) is 0 Å². The van der Waals surface area contributed by atoms with E-state index < -0.39 is 44.8 Å². The van der Waals surface area contributed by atoms with Crippen LogP contribution in [-0.2, 0) is 45.4 Å². The molecular formula is C32H34N2O7S. The molecule has 1 aliphatic heterocycles. The Bertz CT molecular complexity index is 1520. The smallest absolute Gasteiger partial charge is 0.185 e. The van der Waals surface area contributed by atoms with Gasteiger partial charge in [0.1, 0.15) is 24.4 Å². The highest BCUT2D eigenvalue weighted by molar-refractivity contribution is 7.92. The third-order valence-electron chi connectivity index (χ3n) is 7.60. The Morgan fingerprint density at radius 1 is 0.714 bits per heavy atom. The van der Waals surface area contributed by atoms with Crippen molar-refractivity contribution in [3.8, 4) is 0 Å². The molecule has 42 heavy (non-hydrogen) atoms. The van der Waals surface area contributed by atoms with Crippen LogP contribution in [0.3, 0.4) is 0 Å². The molecule has 0 amide bonds. The second-order valence-corrected chi connectivity index (χ2v) is 12.9. The second kappa shape index (κ2) is 13.5. The van der Waals surface area contributed by atoms with Gasteiger partial charge in [0.25, 0.3) is 0 Å². The molecule has 0 bridgehead atoms. The number of rotatable bonds is 10. The molecule has 0 unspecified atom stereocenters. The number of sulfone groups is 1. The number of ether oxygens (including phenoxy) is 2. The number of pyridine rings is 2. The van der Waals surface area contributed by atoms with E-state index in [4.69, 9.17) is 9.47 Å². The fourth-order valence-corrected chi connectivity index (χ4v) is 7.98. The summed E-state index contributed by atoms with van der Waals surface area (Å²) in [6, 6.07) is 25.0. The first kappa shape index (κ1) is 29.8. The molecule has 10 heteroatoms. The lowest BCUT2D eigenvalue weighted by molar-refractivity contribution is -0.606. The Labute approximate surface area is 245 Å². The zero-order chi connectivity index (χ0) is 29.5. The molecule has 1 fully saturated rings. The van der Waals surface area contributed by atoms with Crippen LogP contribution >= 0.6 is 0 Å². The fraction of sp³-hybridized carbons (Fsp3) is 0.312. The summed E-state index contributed by atoms with van der Waals surface area (Å²) in [5.74, 6) is 0. The average molecular weight is 591 g/mol. The highest BCUT2D eigenvalue weighted by Crippen LogP contribution is 2.34. The summed E-state index contributed by atoms with van der Waals surface area (Å²) in [6.07, 6.45) is 0.222. The first-order valence-corrected chi connectivity index (χ1v) is 15.4. The van der Waals surface area contributed by atoms with E-state index in [0.29, 0.717) is 15.9 Å². The SMILES string of the molecule is O=S1(=O)[C@H](Cc2ccccc2)[C@H](OCc2cccnc2)[C@H](O)[C@@H](O)[C@@H](OCc2ccc[n+]([O-])c2)[C@H]1Cc1ccccc1. The van der Waals surface area contributed by atoms with Gasteiger partial charge in [-0.15, -0.1) is 0 Å². The van der Waals surface area contributed by atoms with E-state index in [2.05, 4.69) is 4.98 Å². The standard InChI is InChI=1S/C32H34N2O7S/c35-29-30(36)32(41-22-26-14-8-16-34(37)20-26)28(18-24-11-5-2-6-12-24)42(38,39)27(17-23-9-3-1-4-10-23)31(29)40-21-25-13-7-15-33-19-25/h1-16,19-20,27-32,35-36H,17-18,21-22H2/t27-,28-,29-,30-,31+,32+/m1/s1. The zero-order valence-corrected chi connectivity index (χ0v) is 23.7. The molecule has 220 valence electrons. The molecule has 2 N–H and O–H groups in total. The molecule has 2 aromatic heterocycles. The van der Waals surface area contributed by atoms with Gasteiger partial charge < -0.3 is 24.9 Å². The van der Waals surface area contributed by atoms with Crippen molar-refractivity contribution >= 4 is 9.84 Å². The average Bonchev–Trinajstić information content (AvgIpc) is 3.05. The summed E-state index contributed by atoms with van der Waals surface area (Å²) in [6.45, 7) is -0.144. The normalized spacial score (nSPS) is 25.5. The van der Waals surface area contributed by atoms with E-state index in [1.54, 1.807) is 36.7 Å². The minimum atomic E-state index is -4.13. The van der Waals surface area contributed by atoms with E-state index in [1.165, 1.54) is 12.4 Å². The van der Waals surface area contributed by atoms with E-state index in [1.807, 2.05) is 60.7 Å². The van der Waals surface area contributed by atoms with Gasteiger partial charge in [-0.2, -0.15) is 4.73 Å². The van der Waals surface area contributed by atoms with Crippen molar-refractivity contribution in [2.45, 2.75) is 61.0 Å². The Balaban J connectivity index is 1.55. The van der Waals surface area contributed by atoms with Crippen molar-refractivity contribution in [2.75, 3.05) is 0 Å². The van der Waals surface area contributed by atoms with Crippen LogP contribution < -0.4 is 4.73 Å². The van der Waals surface area contributed by atoms with Gasteiger partial charge >= 0.3 is 0 Å². The van der Waals surface area contributed by atoms with Crippen molar-refractivity contribution < 1.29 is 32.8 Å². The van der Waals surface area contributed by atoms with Crippen LogP contribution in [0.25, 0.3) is 0 Å². The van der Waals surface area contributed by atoms with Crippen LogP contribution in [0.15, 0.2) is 110 Å². The van der Waals surface area contributed by atoms with Gasteiger partial charge in [0.2, 0.25) is 0 Å². The maximum atomic E-state index is 14.7. The summed E-state index contributed by atoms with van der Waals surface area (Å²) in [5, 5.41) is 32.6. The summed E-state index contributed by atoms with van der Waals surface area (Å²) in [5.41, 5.74) is 2.69. The third-order valence-corrected chi connectivity index (χ3v) is 10.2. The summed E-state index contributed by atoms with van der Waals surface area (Å²) in [4.78, 5) is 4.09. The van der Waals surface area contributed by atoms with E-state index in [9.17, 15) is 23.8 Å². The molecule has 9 nitrogen and oxygen atoms in total. The first-order valence-electron chi connectivity index (χ1n) is 13.8. The summed E-state index contributed by atoms with van der Waals surface area (Å²) >= 11 is 0. The Morgan fingerprint density at radius 3 is 1.71 bits per heavy atom. The molecule has 0 spiro atoms. The molecule has 1 saturated heterocycles. The van der Waals surface area contributed by atoms with Gasteiger partial charge in [0.15, 0.2) is 22.2 Å². The van der Waals surface area contributed by atoms with Crippen molar-refractivity contribution in [1.82, 2.24) is 4.98 Å². The number of hydrogen-bond donors (Lipinski definition) is 2. The number of nitrogens with zero attached hydrogens (tertiary/aromatic N) is 2. The molecule has 1 aliphatic rings. The summed E-state index contributed by atoms with van der Waals surface area (Å²) in [7, 11) is -4.13. The van der Waals surface area contributed by atoms with E-state index in [-0.39, 0.29) is 26.1 Å². The lowest BCUT2D eigenvalue weighted by Gasteiger charge is -2.30. The Morgan fingerprint density at radius 2 is 1.21 bits per heavy atom. The van der Waals surface area contributed by atoms with Gasteiger partial charge in [0.05, 0.1) is 23.7 Å². The third kappa shape index (κ3) is 7.03. The van der Waals surface area contributed by atoms with Crippen LogP contribution in [0.1, 0.15) is 22.3 Å². The van der Waals surface area contributed by atoms with Crippen molar-refractivity contribution in [3.63, 3.8) is 0 Å². The molecule has 5 rings (SSSR count). The Hall–Kier alpha value is -3.67. The van der Waals surface area contributed by atoms with E-state index in [0.717, 1.165) is 11.1 Å². The van der Waals surface area contributed by atoms with Crippen molar-refractivity contribution in [3.05, 3.63) is 137 Å². The fourth-order valence-electron chi connectivity index (χ4n) is 5.45. The molecule has 2 aromatic carbocycles. The van der Waals surface area contributed by atoms with Gasteiger partial charge in [-0.1, -0.05) is 66.7 Å². The zero-order valence-electron chi connectivity index (χ0n) is 22.9. The van der Waals surface area contributed by atoms with Crippen molar-refractivity contribution in [1.29, 1.82) is 0 Å². The highest BCUT2D eigenvalue weighted by atomic mass is 32.2. The lowest BCUT2D eigenvalue weighted by atomic mass is 9.94. The number of benzene rings is 2. The van der Waals surface area contributed by atoms with Gasteiger partial charge in [-0.3, -0.25) is 4.98 Å². The van der Waals surface area contributed by atoms with Crippen LogP contribution in [0.4, 0.5) is 0 Å². The minimum absolute atomic E-state index is 0.00845. The maximum Gasteiger partial charge on any atom is 0.185 e. The predicted molar refractivity (Wildman–Crippen MR) is 156 cm³/mol. The number of aromatic nitrogens is 2. The molecule has 6 atom stereocenters. The molecule has 0 aliphatic carbocycles. The molecule has 0 radical (unpaired) electrons. The maximum absolute atomic E-state index is 14.7. The first-order chi connectivity index (χ1) is 20.3. The molecular weight excluding hydrogens is 556 g/mol. The monoisotopic (exact) mass is 590 g/mol. The lowest BCUT2D eigenvalue weighted by Crippen LogP contribution is -2.49. The van der Waals surface area contributed by atoms with E-state index >= 15 is 0 Å². The predicted octanol–water partition coefficient (Wildman–Crippen LogP) is 2.56. The largest absolute Gasteiger partial charge is 0.619 e. The topological polar surface area (TPSA) is 133 Å². The molecule has 4 aromatic rings. The van der Waals surface area contributed by atoms with Crippen LogP contribution in [-0.4, -0.2) is 58.5 Å². The number of aliphatic hydroxyl groups is 2. The molecule has 3 heterocycles. The van der Waals surface area contributed by atoms with Gasteiger partial charge in [-0.05, 0) is 41.7 Å². The van der Waals surface area contributed by atoms with Crippen LogP contribution in [0, 0.1) is 5.21 Å². The highest BCUT2D eigenvalue weighted by Gasteiger charge is 2.54. The quantitative estimate of drug-likeness (QED) is 0.213. The second-order valence-electron chi connectivity index (χ2n) is 10.5. The number of hydrogen-bond acceptors (Lipinski definition) is 8. The minimum Gasteiger partial charge on any atom is -0.619 e. The Kier molecular flexibility index (Phi) is 9.61. The van der Waals surface area contributed by atoms with Gasteiger partial charge in [-0.25, -0.2) is 8.42 Å². The molecule has 0 saturated carbocycles.